The molecule has 0 atom stereocenters. The first-order valence-electron chi connectivity index (χ1n) is 5.40. The molecule has 0 saturated carbocycles. The number of rotatable bonds is 4. The summed E-state index contributed by atoms with van der Waals surface area (Å²) in [5, 5.41) is 4.68. The van der Waals surface area contributed by atoms with Crippen LogP contribution in [0.2, 0.25) is 0 Å². The topological polar surface area (TPSA) is 100 Å². The predicted molar refractivity (Wildman–Crippen MR) is 65.5 cm³/mol. The van der Waals surface area contributed by atoms with E-state index < -0.39 is 12.0 Å². The summed E-state index contributed by atoms with van der Waals surface area (Å²) in [5.41, 5.74) is 0.558. The highest BCUT2D eigenvalue weighted by molar-refractivity contribution is 5.94. The molecule has 0 aromatic carbocycles. The summed E-state index contributed by atoms with van der Waals surface area (Å²) in [7, 11) is 1.20. The van der Waals surface area contributed by atoms with Gasteiger partial charge in [0.25, 0.3) is 5.56 Å². The van der Waals surface area contributed by atoms with Crippen LogP contribution in [0.5, 0.6) is 0 Å². The molecule has 1 heterocycles. The number of hydrogen-bond donors (Lipinski definition) is 3. The average Bonchev–Trinajstić information content (AvgIpc) is 2.38. The van der Waals surface area contributed by atoms with Crippen molar-refractivity contribution >= 4 is 17.7 Å². The van der Waals surface area contributed by atoms with Crippen molar-refractivity contribution in [1.82, 2.24) is 10.3 Å². The molecule has 0 fully saturated rings. The summed E-state index contributed by atoms with van der Waals surface area (Å²) in [4.78, 5) is 36.3. The number of anilines is 1. The number of aromatic amines is 1. The number of aryl methyl sites for hydroxylation is 1. The third kappa shape index (κ3) is 3.62. The minimum absolute atomic E-state index is 0.205. The summed E-state index contributed by atoms with van der Waals surface area (Å²) in [6.45, 7) is 1.61. The lowest BCUT2D eigenvalue weighted by Gasteiger charge is -2.08. The van der Waals surface area contributed by atoms with Gasteiger partial charge in [-0.3, -0.25) is 9.59 Å². The lowest BCUT2D eigenvalue weighted by atomic mass is 10.2. The minimum Gasteiger partial charge on any atom is -0.453 e. The van der Waals surface area contributed by atoms with Gasteiger partial charge in [-0.25, -0.2) is 4.79 Å². The largest absolute Gasteiger partial charge is 0.453 e. The van der Waals surface area contributed by atoms with E-state index >= 15 is 0 Å². The van der Waals surface area contributed by atoms with Crippen molar-refractivity contribution in [1.29, 1.82) is 0 Å². The number of methoxy groups -OCH3 is 1. The first kappa shape index (κ1) is 13.8. The van der Waals surface area contributed by atoms with E-state index in [4.69, 9.17) is 0 Å². The summed E-state index contributed by atoms with van der Waals surface area (Å²) >= 11 is 0. The van der Waals surface area contributed by atoms with Gasteiger partial charge in [-0.2, -0.15) is 0 Å². The highest BCUT2D eigenvalue weighted by Crippen LogP contribution is 2.08. The summed E-state index contributed by atoms with van der Waals surface area (Å²) in [6.07, 6.45) is 1.43. The summed E-state index contributed by atoms with van der Waals surface area (Å²) in [5.74, 6) is -0.494. The van der Waals surface area contributed by atoms with Gasteiger partial charge in [0.1, 0.15) is 12.2 Å². The normalized spacial score (nSPS) is 9.67. The van der Waals surface area contributed by atoms with E-state index in [1.807, 2.05) is 6.92 Å². The summed E-state index contributed by atoms with van der Waals surface area (Å²) < 4.78 is 4.32. The third-order valence-corrected chi connectivity index (χ3v) is 2.27. The molecule has 0 bridgehead atoms. The first-order chi connectivity index (χ1) is 8.58. The fourth-order valence-electron chi connectivity index (χ4n) is 1.36. The van der Waals surface area contributed by atoms with Crippen LogP contribution in [-0.4, -0.2) is 30.6 Å². The Morgan fingerprint density at radius 3 is 2.78 bits per heavy atom. The Labute approximate surface area is 104 Å². The van der Waals surface area contributed by atoms with E-state index in [2.05, 4.69) is 20.4 Å². The molecule has 0 aliphatic heterocycles. The van der Waals surface area contributed by atoms with Gasteiger partial charge >= 0.3 is 6.09 Å². The molecule has 3 N–H and O–H groups in total. The van der Waals surface area contributed by atoms with Crippen LogP contribution in [-0.2, 0) is 16.0 Å². The van der Waals surface area contributed by atoms with Crippen molar-refractivity contribution in [2.24, 2.45) is 0 Å². The van der Waals surface area contributed by atoms with Crippen molar-refractivity contribution in [2.45, 2.75) is 13.3 Å². The highest BCUT2D eigenvalue weighted by atomic mass is 16.5. The van der Waals surface area contributed by atoms with E-state index in [0.29, 0.717) is 6.42 Å². The van der Waals surface area contributed by atoms with Crippen molar-refractivity contribution < 1.29 is 14.3 Å². The number of aromatic nitrogens is 1. The lowest BCUT2D eigenvalue weighted by molar-refractivity contribution is -0.115. The SMILES string of the molecule is CCc1cc[nH]c(=O)c1NC(=O)CNC(=O)OC. The quantitative estimate of drug-likeness (QED) is 0.715. The maximum atomic E-state index is 11.5. The Morgan fingerprint density at radius 1 is 1.44 bits per heavy atom. The van der Waals surface area contributed by atoms with E-state index in [1.165, 1.54) is 13.3 Å². The van der Waals surface area contributed by atoms with Crippen molar-refractivity contribution in [3.63, 3.8) is 0 Å². The molecular formula is C11H15N3O4. The zero-order valence-electron chi connectivity index (χ0n) is 10.2. The van der Waals surface area contributed by atoms with Crippen LogP contribution in [0.4, 0.5) is 10.5 Å². The second-order valence-electron chi connectivity index (χ2n) is 3.45. The number of carbonyl (C=O) groups excluding carboxylic acids is 2. The van der Waals surface area contributed by atoms with Crippen LogP contribution in [0.1, 0.15) is 12.5 Å². The number of nitrogens with one attached hydrogen (secondary N) is 3. The maximum absolute atomic E-state index is 11.5. The summed E-state index contributed by atoms with van der Waals surface area (Å²) in [6, 6.07) is 1.71. The van der Waals surface area contributed by atoms with E-state index in [1.54, 1.807) is 6.07 Å². The van der Waals surface area contributed by atoms with Gasteiger partial charge in [-0.15, -0.1) is 0 Å². The van der Waals surface area contributed by atoms with Crippen LogP contribution < -0.4 is 16.2 Å². The fourth-order valence-corrected chi connectivity index (χ4v) is 1.36. The Balaban J connectivity index is 2.70. The van der Waals surface area contributed by atoms with Crippen molar-refractivity contribution in [3.05, 3.63) is 28.2 Å². The molecule has 7 heteroatoms. The van der Waals surface area contributed by atoms with E-state index in [-0.39, 0.29) is 17.8 Å². The molecule has 0 aliphatic carbocycles. The molecule has 0 saturated heterocycles. The molecule has 1 aromatic heterocycles. The predicted octanol–water partition coefficient (Wildman–Crippen LogP) is 0.232. The molecule has 0 aliphatic rings. The second-order valence-corrected chi connectivity index (χ2v) is 3.45. The number of pyridine rings is 1. The van der Waals surface area contributed by atoms with Crippen LogP contribution in [0, 0.1) is 0 Å². The van der Waals surface area contributed by atoms with Gasteiger partial charge in [-0.05, 0) is 18.1 Å². The van der Waals surface area contributed by atoms with Gasteiger partial charge in [0.2, 0.25) is 5.91 Å². The van der Waals surface area contributed by atoms with Crippen LogP contribution in [0.15, 0.2) is 17.1 Å². The molecular weight excluding hydrogens is 238 g/mol. The van der Waals surface area contributed by atoms with Gasteiger partial charge in [-0.1, -0.05) is 6.92 Å². The highest BCUT2D eigenvalue weighted by Gasteiger charge is 2.10. The molecule has 0 unspecified atom stereocenters. The van der Waals surface area contributed by atoms with Crippen LogP contribution in [0.3, 0.4) is 0 Å². The van der Waals surface area contributed by atoms with E-state index in [0.717, 1.165) is 5.56 Å². The van der Waals surface area contributed by atoms with Gasteiger partial charge in [0.15, 0.2) is 0 Å². The zero-order valence-corrected chi connectivity index (χ0v) is 10.2. The number of hydrogen-bond acceptors (Lipinski definition) is 4. The van der Waals surface area contributed by atoms with Crippen molar-refractivity contribution in [2.75, 3.05) is 19.0 Å². The average molecular weight is 253 g/mol. The Morgan fingerprint density at radius 2 is 2.17 bits per heavy atom. The Bertz CT molecular complexity index is 495. The molecule has 2 amide bonds. The van der Waals surface area contributed by atoms with E-state index in [9.17, 15) is 14.4 Å². The zero-order chi connectivity index (χ0) is 13.5. The van der Waals surface area contributed by atoms with Crippen LogP contribution >= 0.6 is 0 Å². The number of amides is 2. The maximum Gasteiger partial charge on any atom is 0.407 e. The number of ether oxygens (including phenoxy) is 1. The number of carbonyl (C=O) groups is 2. The molecule has 1 aromatic rings. The molecule has 18 heavy (non-hydrogen) atoms. The monoisotopic (exact) mass is 253 g/mol. The van der Waals surface area contributed by atoms with Gasteiger partial charge in [0, 0.05) is 6.20 Å². The van der Waals surface area contributed by atoms with Crippen LogP contribution in [0.25, 0.3) is 0 Å². The Hall–Kier alpha value is -2.31. The smallest absolute Gasteiger partial charge is 0.407 e. The number of alkyl carbamates (subject to hydrolysis) is 1. The van der Waals surface area contributed by atoms with Gasteiger partial charge in [0.05, 0.1) is 7.11 Å². The van der Waals surface area contributed by atoms with Gasteiger partial charge < -0.3 is 20.4 Å². The molecule has 1 rings (SSSR count). The molecule has 0 spiro atoms. The minimum atomic E-state index is -0.706. The first-order valence-corrected chi connectivity index (χ1v) is 5.40. The third-order valence-electron chi connectivity index (χ3n) is 2.27. The second kappa shape index (κ2) is 6.43. The fraction of sp³-hybridized carbons (Fsp3) is 0.364. The number of H-pyrrole nitrogens is 1. The molecule has 7 nitrogen and oxygen atoms in total. The lowest BCUT2D eigenvalue weighted by Crippen LogP contribution is -2.34. The molecule has 98 valence electrons. The Kier molecular flexibility index (Phi) is 4.91. The van der Waals surface area contributed by atoms with Crippen molar-refractivity contribution in [3.8, 4) is 0 Å². The molecule has 0 radical (unpaired) electrons. The standard InChI is InChI=1S/C11H15N3O4/c1-3-7-4-5-12-10(16)9(7)14-8(15)6-13-11(17)18-2/h4-5H,3,6H2,1-2H3,(H,12,16)(H,13,17)(H,14,15).